The number of para-hydroxylation sites is 2. The third-order valence-electron chi connectivity index (χ3n) is 5.48. The fraction of sp³-hybridized carbons (Fsp3) is 0.409. The van der Waals surface area contributed by atoms with Gasteiger partial charge in [0.2, 0.25) is 5.91 Å². The van der Waals surface area contributed by atoms with Crippen molar-refractivity contribution in [3.63, 3.8) is 0 Å². The Bertz CT molecular complexity index is 791. The molecule has 1 saturated heterocycles. The molecule has 2 aromatic carbocycles. The van der Waals surface area contributed by atoms with E-state index in [0.717, 1.165) is 40.8 Å². The van der Waals surface area contributed by atoms with Crippen LogP contribution in [0.25, 0.3) is 0 Å². The monoisotopic (exact) mass is 418 g/mol. The van der Waals surface area contributed by atoms with Crippen molar-refractivity contribution in [2.45, 2.75) is 30.1 Å². The van der Waals surface area contributed by atoms with Crippen molar-refractivity contribution in [2.75, 3.05) is 37.7 Å². The molecule has 4 nitrogen and oxygen atoms in total. The Hall–Kier alpha value is -1.53. The first-order valence-corrected chi connectivity index (χ1v) is 10.5. The van der Waals surface area contributed by atoms with Crippen molar-refractivity contribution in [3.05, 3.63) is 48.5 Å². The highest BCUT2D eigenvalue weighted by Crippen LogP contribution is 2.48. The van der Waals surface area contributed by atoms with Crippen LogP contribution in [0.2, 0.25) is 0 Å². The molecule has 0 bridgehead atoms. The van der Waals surface area contributed by atoms with Crippen molar-refractivity contribution < 1.29 is 9.53 Å². The van der Waals surface area contributed by atoms with Crippen LogP contribution in [0.3, 0.4) is 0 Å². The highest BCUT2D eigenvalue weighted by Gasteiger charge is 2.43. The molecular formula is C22H27ClN2O2S. The molecule has 2 aliphatic heterocycles. The van der Waals surface area contributed by atoms with Gasteiger partial charge in [0.25, 0.3) is 0 Å². The van der Waals surface area contributed by atoms with Crippen LogP contribution in [0.5, 0.6) is 0 Å². The zero-order chi connectivity index (χ0) is 18.9. The highest BCUT2D eigenvalue weighted by molar-refractivity contribution is 7.99. The predicted octanol–water partition coefficient (Wildman–Crippen LogP) is 4.99. The zero-order valence-corrected chi connectivity index (χ0v) is 18.0. The summed E-state index contributed by atoms with van der Waals surface area (Å²) in [6.07, 6.45) is 0.511. The second kappa shape index (κ2) is 8.87. The quantitative estimate of drug-likeness (QED) is 0.661. The summed E-state index contributed by atoms with van der Waals surface area (Å²) in [4.78, 5) is 20.1. The van der Waals surface area contributed by atoms with Gasteiger partial charge >= 0.3 is 0 Å². The minimum Gasteiger partial charge on any atom is -0.380 e. The summed E-state index contributed by atoms with van der Waals surface area (Å²) in [5, 5.41) is 0. The summed E-state index contributed by atoms with van der Waals surface area (Å²) in [5.74, 6) is 0.158. The third-order valence-corrected chi connectivity index (χ3v) is 6.61. The van der Waals surface area contributed by atoms with Crippen molar-refractivity contribution >= 4 is 41.5 Å². The van der Waals surface area contributed by atoms with Crippen LogP contribution in [0, 0.1) is 5.41 Å². The Morgan fingerprint density at radius 2 is 1.57 bits per heavy atom. The molecule has 0 N–H and O–H groups in total. The summed E-state index contributed by atoms with van der Waals surface area (Å²) in [6.45, 7) is 8.59. The van der Waals surface area contributed by atoms with Crippen LogP contribution < -0.4 is 4.90 Å². The van der Waals surface area contributed by atoms with Crippen molar-refractivity contribution in [3.8, 4) is 0 Å². The Balaban J connectivity index is 0.00000225. The van der Waals surface area contributed by atoms with E-state index in [2.05, 4.69) is 30.9 Å². The van der Waals surface area contributed by atoms with Gasteiger partial charge in [0.1, 0.15) is 0 Å². The lowest BCUT2D eigenvalue weighted by molar-refractivity contribution is -0.146. The number of halogens is 1. The molecule has 2 heterocycles. The van der Waals surface area contributed by atoms with Gasteiger partial charge in [-0.2, -0.15) is 0 Å². The van der Waals surface area contributed by atoms with E-state index in [1.54, 1.807) is 11.8 Å². The summed E-state index contributed by atoms with van der Waals surface area (Å²) < 4.78 is 5.55. The largest absolute Gasteiger partial charge is 0.380 e. The van der Waals surface area contributed by atoms with E-state index in [9.17, 15) is 4.79 Å². The molecule has 2 aliphatic rings. The van der Waals surface area contributed by atoms with Crippen molar-refractivity contribution in [1.82, 2.24) is 4.90 Å². The lowest BCUT2D eigenvalue weighted by Gasteiger charge is -2.45. The van der Waals surface area contributed by atoms with Gasteiger partial charge < -0.3 is 9.64 Å². The van der Waals surface area contributed by atoms with E-state index in [4.69, 9.17) is 4.74 Å². The number of carbonyl (C=O) groups excluding carboxylic acids is 1. The molecule has 0 saturated carbocycles. The molecular weight excluding hydrogens is 392 g/mol. The molecule has 0 aromatic heterocycles. The maximum absolute atomic E-state index is 13.5. The lowest BCUT2D eigenvalue weighted by Crippen LogP contribution is -2.53. The lowest BCUT2D eigenvalue weighted by atomic mass is 9.81. The number of amides is 1. The van der Waals surface area contributed by atoms with E-state index in [1.807, 2.05) is 41.3 Å². The molecule has 28 heavy (non-hydrogen) atoms. The van der Waals surface area contributed by atoms with Crippen LogP contribution in [-0.4, -0.2) is 43.7 Å². The van der Waals surface area contributed by atoms with Crippen LogP contribution in [0.4, 0.5) is 11.4 Å². The molecule has 0 atom stereocenters. The molecule has 1 fully saturated rings. The van der Waals surface area contributed by atoms with E-state index >= 15 is 0 Å². The van der Waals surface area contributed by atoms with Gasteiger partial charge in [0.05, 0.1) is 24.6 Å². The Morgan fingerprint density at radius 3 is 2.04 bits per heavy atom. The number of benzene rings is 2. The topological polar surface area (TPSA) is 32.8 Å². The minimum atomic E-state index is -0.0718. The van der Waals surface area contributed by atoms with E-state index in [1.165, 1.54) is 0 Å². The maximum Gasteiger partial charge on any atom is 0.232 e. The van der Waals surface area contributed by atoms with Crippen LogP contribution in [-0.2, 0) is 9.53 Å². The van der Waals surface area contributed by atoms with Gasteiger partial charge in [-0.1, -0.05) is 49.9 Å². The molecule has 150 valence electrons. The molecule has 1 amide bonds. The van der Waals surface area contributed by atoms with Gasteiger partial charge in [-0.15, -0.1) is 12.4 Å². The number of hydrogen-bond donors (Lipinski definition) is 0. The Kier molecular flexibility index (Phi) is 6.71. The van der Waals surface area contributed by atoms with E-state index < -0.39 is 0 Å². The van der Waals surface area contributed by atoms with Crippen LogP contribution in [0.15, 0.2) is 58.3 Å². The molecule has 0 radical (unpaired) electrons. The Labute approximate surface area is 177 Å². The predicted molar refractivity (Wildman–Crippen MR) is 117 cm³/mol. The van der Waals surface area contributed by atoms with E-state index in [-0.39, 0.29) is 23.7 Å². The second-order valence-corrected chi connectivity index (χ2v) is 8.48. The fourth-order valence-corrected chi connectivity index (χ4v) is 4.99. The molecule has 2 aromatic rings. The minimum absolute atomic E-state index is 0. The van der Waals surface area contributed by atoms with Gasteiger partial charge in [-0.3, -0.25) is 9.69 Å². The number of anilines is 2. The van der Waals surface area contributed by atoms with Gasteiger partial charge in [0.15, 0.2) is 0 Å². The standard InChI is InChI=1S/C22H26N2O2S.ClH/c1-3-23(4-2)14-22(15-26-16-22)13-21(25)24-17-9-5-7-11-19(17)27-20-12-8-6-10-18(20)24;/h5-12H,3-4,13-16H2,1-2H3;1H. The SMILES string of the molecule is CCN(CC)CC1(CC(=O)N2c3ccccc3Sc3ccccc32)COC1.Cl. The number of fused-ring (bicyclic) bond motifs is 2. The number of carbonyl (C=O) groups is 1. The first-order chi connectivity index (χ1) is 13.2. The number of ether oxygens (including phenoxy) is 1. The average Bonchev–Trinajstić information content (AvgIpc) is 2.67. The number of nitrogens with zero attached hydrogens (tertiary/aromatic N) is 2. The molecule has 4 rings (SSSR count). The molecule has 0 aliphatic carbocycles. The zero-order valence-electron chi connectivity index (χ0n) is 16.4. The Morgan fingerprint density at radius 1 is 1.04 bits per heavy atom. The van der Waals surface area contributed by atoms with Crippen LogP contribution in [0.1, 0.15) is 20.3 Å². The fourth-order valence-electron chi connectivity index (χ4n) is 3.93. The average molecular weight is 419 g/mol. The normalized spacial score (nSPS) is 16.6. The highest BCUT2D eigenvalue weighted by atomic mass is 35.5. The van der Waals surface area contributed by atoms with Crippen LogP contribution >= 0.6 is 24.2 Å². The molecule has 0 spiro atoms. The maximum atomic E-state index is 13.5. The summed E-state index contributed by atoms with van der Waals surface area (Å²) >= 11 is 1.73. The van der Waals surface area contributed by atoms with Gasteiger partial charge in [0, 0.05) is 28.2 Å². The van der Waals surface area contributed by atoms with Gasteiger partial charge in [-0.05, 0) is 37.4 Å². The smallest absolute Gasteiger partial charge is 0.232 e. The van der Waals surface area contributed by atoms with E-state index in [0.29, 0.717) is 19.6 Å². The summed E-state index contributed by atoms with van der Waals surface area (Å²) in [7, 11) is 0. The third kappa shape index (κ3) is 3.94. The number of rotatable bonds is 6. The first kappa shape index (κ1) is 21.2. The molecule has 0 unspecified atom stereocenters. The second-order valence-electron chi connectivity index (χ2n) is 7.40. The number of hydrogen-bond acceptors (Lipinski definition) is 4. The summed E-state index contributed by atoms with van der Waals surface area (Å²) in [5.41, 5.74) is 1.91. The van der Waals surface area contributed by atoms with Crippen molar-refractivity contribution in [2.24, 2.45) is 5.41 Å². The molecule has 6 heteroatoms. The summed E-state index contributed by atoms with van der Waals surface area (Å²) in [6, 6.07) is 16.4. The van der Waals surface area contributed by atoms with Crippen molar-refractivity contribution in [1.29, 1.82) is 0 Å². The first-order valence-electron chi connectivity index (χ1n) is 9.65. The van der Waals surface area contributed by atoms with Gasteiger partial charge in [-0.25, -0.2) is 0 Å².